The van der Waals surface area contributed by atoms with Crippen molar-refractivity contribution in [2.24, 2.45) is 7.05 Å². The second kappa shape index (κ2) is 18.7. The zero-order valence-electron chi connectivity index (χ0n) is 32.2. The fourth-order valence-electron chi connectivity index (χ4n) is 7.34. The van der Waals surface area contributed by atoms with Crippen molar-refractivity contribution in [2.75, 3.05) is 58.1 Å². The van der Waals surface area contributed by atoms with E-state index >= 15 is 0 Å². The molecule has 0 radical (unpaired) electrons. The second-order valence-electron chi connectivity index (χ2n) is 14.3. The topological polar surface area (TPSA) is 117 Å². The van der Waals surface area contributed by atoms with E-state index in [1.54, 1.807) is 29.9 Å². The predicted octanol–water partition coefficient (Wildman–Crippen LogP) is 5.68. The van der Waals surface area contributed by atoms with Gasteiger partial charge in [-0.15, -0.1) is 10.2 Å². The van der Waals surface area contributed by atoms with Gasteiger partial charge < -0.3 is 33.2 Å². The van der Waals surface area contributed by atoms with Crippen LogP contribution < -0.4 is 9.64 Å². The van der Waals surface area contributed by atoms with E-state index < -0.39 is 16.1 Å². The molecule has 2 aliphatic rings. The van der Waals surface area contributed by atoms with Crippen LogP contribution in [0.25, 0.3) is 0 Å². The molecule has 0 N–H and O–H groups in total. The zero-order valence-corrected chi connectivity index (χ0v) is 33.0. The van der Waals surface area contributed by atoms with Gasteiger partial charge in [0.25, 0.3) is 0 Å². The molecule has 292 valence electrons. The second-order valence-corrected chi connectivity index (χ2v) is 16.2. The number of benzene rings is 3. The van der Waals surface area contributed by atoms with Crippen LogP contribution in [0.2, 0.25) is 0 Å². The molecule has 0 saturated carbocycles. The average molecular weight is 762 g/mol. The van der Waals surface area contributed by atoms with Crippen LogP contribution in [0.15, 0.2) is 78.0 Å². The lowest BCUT2D eigenvalue weighted by Crippen LogP contribution is -2.53. The van der Waals surface area contributed by atoms with Gasteiger partial charge in [0.1, 0.15) is 24.5 Å². The van der Waals surface area contributed by atoms with E-state index in [4.69, 9.17) is 23.7 Å². The molecule has 1 saturated heterocycles. The molecule has 0 unspecified atom stereocenters. The number of aryl methyl sites for hydroxylation is 2. The molecule has 0 bridgehead atoms. The van der Waals surface area contributed by atoms with E-state index in [1.807, 2.05) is 56.7 Å². The Kier molecular flexibility index (Phi) is 13.8. The van der Waals surface area contributed by atoms with Gasteiger partial charge in [-0.1, -0.05) is 48.0 Å². The molecule has 12 nitrogen and oxygen atoms in total. The molecule has 13 heteroatoms. The van der Waals surface area contributed by atoms with Crippen molar-refractivity contribution in [3.05, 3.63) is 101 Å². The smallest absolute Gasteiger partial charge is 0.243 e. The summed E-state index contributed by atoms with van der Waals surface area (Å²) in [5.41, 5.74) is 5.18. The van der Waals surface area contributed by atoms with Crippen LogP contribution in [0.5, 0.6) is 5.75 Å². The Balaban J connectivity index is 1.29. The summed E-state index contributed by atoms with van der Waals surface area (Å²) in [7, 11) is -0.278. The quantitative estimate of drug-likeness (QED) is 0.117. The van der Waals surface area contributed by atoms with Gasteiger partial charge in [-0.05, 0) is 74.6 Å². The number of anilines is 1. The molecule has 0 spiro atoms. The number of hydrogen-bond acceptors (Lipinski definition) is 10. The van der Waals surface area contributed by atoms with Crippen molar-refractivity contribution in [1.29, 1.82) is 0 Å². The molecule has 4 atom stereocenters. The Morgan fingerprint density at radius 3 is 2.52 bits per heavy atom. The first-order valence-electron chi connectivity index (χ1n) is 19.0. The monoisotopic (exact) mass is 761 g/mol. The van der Waals surface area contributed by atoms with E-state index in [2.05, 4.69) is 45.4 Å². The summed E-state index contributed by atoms with van der Waals surface area (Å²) in [5.74, 6) is 1.49. The minimum Gasteiger partial charge on any atom is -0.490 e. The summed E-state index contributed by atoms with van der Waals surface area (Å²) in [6, 6.07) is 21.3. The average Bonchev–Trinajstić information content (AvgIpc) is 3.58. The summed E-state index contributed by atoms with van der Waals surface area (Å²) >= 11 is 0. The molecule has 0 aliphatic carbocycles. The number of fused-ring (bicyclic) bond motifs is 1. The number of methoxy groups -OCH3 is 1. The normalized spacial score (nSPS) is 19.7. The molecule has 2 aliphatic heterocycles. The maximum atomic E-state index is 14.5. The highest BCUT2D eigenvalue weighted by atomic mass is 32.2. The summed E-state index contributed by atoms with van der Waals surface area (Å²) in [6.45, 7) is 11.1. The van der Waals surface area contributed by atoms with Crippen LogP contribution in [0.3, 0.4) is 0 Å². The highest BCUT2D eigenvalue weighted by Crippen LogP contribution is 2.39. The molecule has 3 heterocycles. The molecule has 1 fully saturated rings. The molecule has 3 aromatic carbocycles. The first-order valence-corrected chi connectivity index (χ1v) is 20.4. The van der Waals surface area contributed by atoms with E-state index in [9.17, 15) is 8.42 Å². The van der Waals surface area contributed by atoms with Crippen LogP contribution in [-0.2, 0) is 55.7 Å². The van der Waals surface area contributed by atoms with Crippen molar-refractivity contribution in [3.63, 3.8) is 0 Å². The standard InChI is InChI=1S/C41H55N5O7S/c1-6-51-31(3)26-50-27-32-10-13-34(14-11-32)37-23-35(24-41-43-42-29-44(41)4)46(54(47,48)36-15-8-30(2)9-16-36)25-40(37)53-28-33-12-17-39-38(22-33)45(19-21-52-39)18-7-20-49-5/h8-17,22,29,31,35,37,40H,6-7,18-21,23-28H2,1-5H3/t31-,35-,37-,40+/m1/s1. The molecular formula is C41H55N5O7S. The number of sulfonamides is 1. The van der Waals surface area contributed by atoms with Crippen LogP contribution in [0.1, 0.15) is 60.7 Å². The Bertz CT molecular complexity index is 1890. The van der Waals surface area contributed by atoms with Crippen molar-refractivity contribution < 1.29 is 32.1 Å². The van der Waals surface area contributed by atoms with Gasteiger partial charge >= 0.3 is 0 Å². The maximum Gasteiger partial charge on any atom is 0.243 e. The zero-order chi connectivity index (χ0) is 38.1. The van der Waals surface area contributed by atoms with Gasteiger partial charge in [0.05, 0.1) is 49.2 Å². The molecule has 54 heavy (non-hydrogen) atoms. The van der Waals surface area contributed by atoms with E-state index in [-0.39, 0.29) is 29.5 Å². The third kappa shape index (κ3) is 9.87. The lowest BCUT2D eigenvalue weighted by Gasteiger charge is -2.43. The van der Waals surface area contributed by atoms with Gasteiger partial charge in [0, 0.05) is 58.8 Å². The fraction of sp³-hybridized carbons (Fsp3) is 0.512. The van der Waals surface area contributed by atoms with E-state index in [0.29, 0.717) is 52.5 Å². The molecular weight excluding hydrogens is 707 g/mol. The lowest BCUT2D eigenvalue weighted by atomic mass is 9.83. The summed E-state index contributed by atoms with van der Waals surface area (Å²) in [6.07, 6.45) is 3.12. The Hall–Kier alpha value is -3.85. The third-order valence-corrected chi connectivity index (χ3v) is 12.2. The van der Waals surface area contributed by atoms with Crippen molar-refractivity contribution in [3.8, 4) is 5.75 Å². The maximum absolute atomic E-state index is 14.5. The van der Waals surface area contributed by atoms with E-state index in [0.717, 1.165) is 59.0 Å². The van der Waals surface area contributed by atoms with Gasteiger partial charge in [-0.25, -0.2) is 8.42 Å². The Morgan fingerprint density at radius 1 is 1.02 bits per heavy atom. The predicted molar refractivity (Wildman–Crippen MR) is 207 cm³/mol. The SMILES string of the molecule is CCO[C@H](C)COCc1ccc([C@H]2C[C@H](Cc3nncn3C)N(S(=O)(=O)c3ccc(C)cc3)C[C@@H]2OCc2ccc3c(c2)N(CCCOC)CCO3)cc1. The van der Waals surface area contributed by atoms with Gasteiger partial charge in [0.2, 0.25) is 10.0 Å². The number of ether oxygens (including phenoxy) is 5. The summed E-state index contributed by atoms with van der Waals surface area (Å²) in [4.78, 5) is 2.60. The Morgan fingerprint density at radius 2 is 1.80 bits per heavy atom. The van der Waals surface area contributed by atoms with Gasteiger partial charge in [-0.2, -0.15) is 4.31 Å². The van der Waals surface area contributed by atoms with Crippen LogP contribution in [-0.4, -0.2) is 98.9 Å². The molecule has 1 aromatic heterocycles. The largest absolute Gasteiger partial charge is 0.490 e. The number of rotatable bonds is 18. The van der Waals surface area contributed by atoms with Crippen LogP contribution in [0.4, 0.5) is 5.69 Å². The minimum absolute atomic E-state index is 0.0285. The van der Waals surface area contributed by atoms with E-state index in [1.165, 1.54) is 0 Å². The number of nitrogens with zero attached hydrogens (tertiary/aromatic N) is 5. The third-order valence-electron chi connectivity index (χ3n) is 10.3. The number of hydrogen-bond donors (Lipinski definition) is 0. The van der Waals surface area contributed by atoms with Gasteiger partial charge in [-0.3, -0.25) is 0 Å². The molecule has 0 amide bonds. The fourth-order valence-corrected chi connectivity index (χ4v) is 8.99. The first-order chi connectivity index (χ1) is 26.2. The highest BCUT2D eigenvalue weighted by molar-refractivity contribution is 7.89. The molecule has 6 rings (SSSR count). The van der Waals surface area contributed by atoms with Crippen molar-refractivity contribution >= 4 is 15.7 Å². The lowest BCUT2D eigenvalue weighted by molar-refractivity contribution is -0.0200. The van der Waals surface area contributed by atoms with Gasteiger partial charge in [0.15, 0.2) is 0 Å². The first kappa shape index (κ1) is 39.8. The number of piperidine rings is 1. The van der Waals surface area contributed by atoms with Crippen LogP contribution >= 0.6 is 0 Å². The summed E-state index contributed by atoms with van der Waals surface area (Å²) < 4.78 is 62.2. The van der Waals surface area contributed by atoms with Crippen molar-refractivity contribution in [2.45, 2.75) is 82.3 Å². The molecule has 4 aromatic rings. The Labute approximate surface area is 320 Å². The number of aromatic nitrogens is 3. The highest BCUT2D eigenvalue weighted by Gasteiger charge is 2.43. The summed E-state index contributed by atoms with van der Waals surface area (Å²) in [5, 5.41) is 8.44. The van der Waals surface area contributed by atoms with Crippen molar-refractivity contribution in [1.82, 2.24) is 19.1 Å². The van der Waals surface area contributed by atoms with Crippen LogP contribution in [0, 0.1) is 6.92 Å². The minimum atomic E-state index is -3.89.